The van der Waals surface area contributed by atoms with Crippen LogP contribution < -0.4 is 9.47 Å². The maximum atomic E-state index is 12.9. The van der Waals surface area contributed by atoms with Crippen LogP contribution in [0.25, 0.3) is 6.08 Å². The van der Waals surface area contributed by atoms with Gasteiger partial charge in [0.15, 0.2) is 0 Å². The van der Waals surface area contributed by atoms with E-state index in [2.05, 4.69) is 47.1 Å². The van der Waals surface area contributed by atoms with Crippen LogP contribution in [0.2, 0.25) is 0 Å². The Bertz CT molecular complexity index is 1600. The molecule has 5 rings (SSSR count). The highest BCUT2D eigenvalue weighted by Crippen LogP contribution is 2.30. The molecule has 3 aromatic carbocycles. The molecule has 1 aliphatic heterocycles. The van der Waals surface area contributed by atoms with Gasteiger partial charge in [0, 0.05) is 44.9 Å². The van der Waals surface area contributed by atoms with Gasteiger partial charge in [-0.2, -0.15) is 5.26 Å². The fourth-order valence-corrected chi connectivity index (χ4v) is 5.05. The van der Waals surface area contributed by atoms with Crippen LogP contribution in [0.4, 0.5) is 0 Å². The fourth-order valence-electron chi connectivity index (χ4n) is 5.05. The van der Waals surface area contributed by atoms with Crippen LogP contribution in [0, 0.1) is 32.1 Å². The van der Waals surface area contributed by atoms with Crippen LogP contribution in [0.15, 0.2) is 85.1 Å². The Labute approximate surface area is 265 Å². The maximum Gasteiger partial charge on any atom is 0.246 e. The summed E-state index contributed by atoms with van der Waals surface area (Å²) in [7, 11) is 0. The van der Waals surface area contributed by atoms with Gasteiger partial charge >= 0.3 is 0 Å². The van der Waals surface area contributed by atoms with Crippen molar-refractivity contribution in [1.29, 1.82) is 5.26 Å². The summed E-state index contributed by atoms with van der Waals surface area (Å²) in [6.07, 6.45) is 5.18. The van der Waals surface area contributed by atoms with E-state index in [1.165, 1.54) is 11.1 Å². The van der Waals surface area contributed by atoms with E-state index < -0.39 is 0 Å². The molecule has 0 aliphatic carbocycles. The van der Waals surface area contributed by atoms with E-state index in [1.807, 2.05) is 55.2 Å². The van der Waals surface area contributed by atoms with E-state index >= 15 is 0 Å². The van der Waals surface area contributed by atoms with Gasteiger partial charge in [-0.1, -0.05) is 42.0 Å². The zero-order valence-corrected chi connectivity index (χ0v) is 26.1. The molecule has 0 spiro atoms. The topological polar surface area (TPSA) is 78.7 Å². The Morgan fingerprint density at radius 3 is 2.18 bits per heavy atom. The Morgan fingerprint density at radius 2 is 1.57 bits per heavy atom. The number of pyridine rings is 1. The van der Waals surface area contributed by atoms with Crippen molar-refractivity contribution < 1.29 is 14.3 Å². The maximum absolute atomic E-state index is 12.9. The number of carbonyl (C=O) groups is 1. The molecule has 1 saturated heterocycles. The van der Waals surface area contributed by atoms with Gasteiger partial charge in [0.05, 0.1) is 17.8 Å². The number of nitriles is 1. The number of benzene rings is 3. The first-order valence-electron chi connectivity index (χ1n) is 14.5. The molecule has 1 aromatic heterocycles. The van der Waals surface area contributed by atoms with E-state index in [0.29, 0.717) is 23.8 Å². The number of hydrogen-bond donors (Lipinski definition) is 0. The number of amides is 1. The number of nitrogens with zero attached hydrogens (tertiary/aromatic N) is 4. The van der Waals surface area contributed by atoms with Gasteiger partial charge in [-0.25, -0.2) is 4.98 Å². The molecule has 8 heteroatoms. The lowest BCUT2D eigenvalue weighted by atomic mass is 10.1. The number of aromatic nitrogens is 1. The molecule has 0 radical (unpaired) electrons. The third-order valence-electron chi connectivity index (χ3n) is 7.52. The SMILES string of the molecule is Cc1ccc(CN2CCN(C(=O)C=Cc3cc(C)c(Oc4ccc(OCc5ccc(C#N)cc5)cn4)c(C)c3)CC2)cc1.Cl. The van der Waals surface area contributed by atoms with E-state index in [1.54, 1.807) is 30.5 Å². The van der Waals surface area contributed by atoms with E-state index in [0.717, 1.165) is 60.7 Å². The second-order valence-corrected chi connectivity index (χ2v) is 10.9. The van der Waals surface area contributed by atoms with Gasteiger partial charge in [0.25, 0.3) is 0 Å². The van der Waals surface area contributed by atoms with Crippen molar-refractivity contribution in [1.82, 2.24) is 14.8 Å². The van der Waals surface area contributed by atoms with Gasteiger partial charge < -0.3 is 14.4 Å². The van der Waals surface area contributed by atoms with E-state index in [-0.39, 0.29) is 18.3 Å². The first kappa shape index (κ1) is 32.3. The molecule has 0 unspecified atom stereocenters. The predicted octanol–water partition coefficient (Wildman–Crippen LogP) is 7.03. The summed E-state index contributed by atoms with van der Waals surface area (Å²) in [5, 5.41) is 8.93. The minimum Gasteiger partial charge on any atom is -0.487 e. The lowest BCUT2D eigenvalue weighted by Gasteiger charge is -2.34. The summed E-state index contributed by atoms with van der Waals surface area (Å²) < 4.78 is 11.9. The Morgan fingerprint density at radius 1 is 0.909 bits per heavy atom. The summed E-state index contributed by atoms with van der Waals surface area (Å²) in [6.45, 7) is 10.6. The van der Waals surface area contributed by atoms with Gasteiger partial charge in [0.1, 0.15) is 18.1 Å². The van der Waals surface area contributed by atoms with Crippen LogP contribution in [0.1, 0.15) is 38.9 Å². The molecule has 0 saturated carbocycles. The van der Waals surface area contributed by atoms with Crippen LogP contribution in [0.5, 0.6) is 17.4 Å². The average Bonchev–Trinajstić information content (AvgIpc) is 3.03. The van der Waals surface area contributed by atoms with Crippen LogP contribution in [-0.2, 0) is 17.9 Å². The predicted molar refractivity (Wildman–Crippen MR) is 175 cm³/mol. The summed E-state index contributed by atoms with van der Waals surface area (Å²) >= 11 is 0. The van der Waals surface area contributed by atoms with Crippen molar-refractivity contribution in [2.24, 2.45) is 0 Å². The molecule has 0 N–H and O–H groups in total. The van der Waals surface area contributed by atoms with Crippen molar-refractivity contribution in [3.63, 3.8) is 0 Å². The van der Waals surface area contributed by atoms with Gasteiger partial charge in [-0.3, -0.25) is 9.69 Å². The lowest BCUT2D eigenvalue weighted by Crippen LogP contribution is -2.47. The first-order valence-corrected chi connectivity index (χ1v) is 14.5. The number of piperazine rings is 1. The molecule has 4 aromatic rings. The summed E-state index contributed by atoms with van der Waals surface area (Å²) in [5.74, 6) is 1.88. The third kappa shape index (κ3) is 8.70. The van der Waals surface area contributed by atoms with Crippen molar-refractivity contribution in [2.45, 2.75) is 33.9 Å². The van der Waals surface area contributed by atoms with Crippen LogP contribution >= 0.6 is 12.4 Å². The van der Waals surface area contributed by atoms with Gasteiger partial charge in [-0.15, -0.1) is 12.4 Å². The van der Waals surface area contributed by atoms with Crippen molar-refractivity contribution in [2.75, 3.05) is 26.2 Å². The number of hydrogen-bond acceptors (Lipinski definition) is 6. The summed E-state index contributed by atoms with van der Waals surface area (Å²) in [6, 6.07) is 25.7. The molecule has 0 atom stereocenters. The van der Waals surface area contributed by atoms with E-state index in [4.69, 9.17) is 14.7 Å². The number of aryl methyl sites for hydroxylation is 3. The monoisotopic (exact) mass is 608 g/mol. The summed E-state index contributed by atoms with van der Waals surface area (Å²) in [5.41, 5.74) is 7.03. The Hall–Kier alpha value is -4.64. The normalized spacial score (nSPS) is 13.3. The van der Waals surface area contributed by atoms with E-state index in [9.17, 15) is 4.79 Å². The third-order valence-corrected chi connectivity index (χ3v) is 7.52. The minimum atomic E-state index is 0. The first-order chi connectivity index (χ1) is 20.9. The second-order valence-electron chi connectivity index (χ2n) is 10.9. The minimum absolute atomic E-state index is 0. The Balaban J connectivity index is 0.00000442. The molecule has 7 nitrogen and oxygen atoms in total. The largest absolute Gasteiger partial charge is 0.487 e. The molecule has 1 aliphatic rings. The summed E-state index contributed by atoms with van der Waals surface area (Å²) in [4.78, 5) is 21.6. The van der Waals surface area contributed by atoms with Crippen molar-refractivity contribution in [3.8, 4) is 23.4 Å². The molecule has 44 heavy (non-hydrogen) atoms. The standard InChI is InChI=1S/C36H36N4O3.ClH/c1-26-4-6-30(7-5-26)24-39-16-18-40(19-17-39)35(41)15-12-32-20-27(2)36(28(3)21-32)43-34-14-13-33(23-38-34)42-25-31-10-8-29(22-37)9-11-31;/h4-15,20-21,23H,16-19,24-25H2,1-3H3;1H. The number of halogens is 1. The second kappa shape index (κ2) is 15.2. The van der Waals surface area contributed by atoms with Gasteiger partial charge in [0.2, 0.25) is 11.8 Å². The number of rotatable bonds is 9. The number of ether oxygens (including phenoxy) is 2. The fraction of sp³-hybridized carbons (Fsp3) is 0.250. The molecule has 1 amide bonds. The highest BCUT2D eigenvalue weighted by molar-refractivity contribution is 5.92. The highest BCUT2D eigenvalue weighted by atomic mass is 35.5. The van der Waals surface area contributed by atoms with Gasteiger partial charge in [-0.05, 0) is 85.0 Å². The van der Waals surface area contributed by atoms with Crippen LogP contribution in [0.3, 0.4) is 0 Å². The quantitative estimate of drug-likeness (QED) is 0.190. The molecule has 0 bridgehead atoms. The van der Waals surface area contributed by atoms with Crippen molar-refractivity contribution in [3.05, 3.63) is 124 Å². The molecule has 1 fully saturated rings. The Kier molecular flexibility index (Phi) is 11.1. The number of carbonyl (C=O) groups excluding carboxylic acids is 1. The lowest BCUT2D eigenvalue weighted by molar-refractivity contribution is -0.127. The zero-order chi connectivity index (χ0) is 30.2. The zero-order valence-electron chi connectivity index (χ0n) is 25.3. The molecule has 2 heterocycles. The molecular weight excluding hydrogens is 572 g/mol. The smallest absolute Gasteiger partial charge is 0.246 e. The molecular formula is C36H37ClN4O3. The van der Waals surface area contributed by atoms with Crippen molar-refractivity contribution >= 4 is 24.4 Å². The molecule has 226 valence electrons. The average molecular weight is 609 g/mol. The highest BCUT2D eigenvalue weighted by Gasteiger charge is 2.19. The van der Waals surface area contributed by atoms with Crippen LogP contribution in [-0.4, -0.2) is 46.9 Å².